The minimum atomic E-state index is -0.0371. The van der Waals surface area contributed by atoms with Crippen LogP contribution in [-0.4, -0.2) is 15.7 Å². The van der Waals surface area contributed by atoms with Crippen molar-refractivity contribution < 1.29 is 4.42 Å². The van der Waals surface area contributed by atoms with E-state index in [-0.39, 0.29) is 11.8 Å². The van der Waals surface area contributed by atoms with E-state index in [1.165, 1.54) is 18.8 Å². The molecule has 3 aromatic rings. The fourth-order valence-electron chi connectivity index (χ4n) is 3.46. The van der Waals surface area contributed by atoms with Crippen molar-refractivity contribution in [3.63, 3.8) is 0 Å². The zero-order valence-corrected chi connectivity index (χ0v) is 15.6. The summed E-state index contributed by atoms with van der Waals surface area (Å²) in [6.45, 7) is 0. The number of nitrogens with two attached hydrogens (primary N) is 1. The number of nitrogens with zero attached hydrogens (tertiary/aromatic N) is 3. The van der Waals surface area contributed by atoms with Gasteiger partial charge in [0.05, 0.1) is 28.5 Å². The highest BCUT2D eigenvalue weighted by atomic mass is 35.5. The number of oxazole rings is 1. The number of hydrogen-bond acceptors (Lipinski definition) is 7. The van der Waals surface area contributed by atoms with E-state index in [9.17, 15) is 5.26 Å². The Morgan fingerprint density at radius 2 is 2.25 bits per heavy atom. The van der Waals surface area contributed by atoms with Gasteiger partial charge in [0.1, 0.15) is 11.8 Å². The average molecular weight is 393 g/mol. The molecule has 7 nitrogen and oxygen atoms in total. The van der Waals surface area contributed by atoms with Crippen LogP contribution >= 0.6 is 11.6 Å². The number of nitrogens with one attached hydrogen (secondary N) is 2. The summed E-state index contributed by atoms with van der Waals surface area (Å²) in [4.78, 5) is 8.34. The lowest BCUT2D eigenvalue weighted by atomic mass is 9.90. The maximum Gasteiger partial charge on any atom is 0.181 e. The lowest BCUT2D eigenvalue weighted by Gasteiger charge is -2.27. The van der Waals surface area contributed by atoms with Crippen molar-refractivity contribution in [1.29, 1.82) is 10.7 Å². The van der Waals surface area contributed by atoms with Gasteiger partial charge in [0.2, 0.25) is 0 Å². The molecule has 28 heavy (non-hydrogen) atoms. The van der Waals surface area contributed by atoms with Crippen LogP contribution in [0, 0.1) is 16.7 Å². The third-order valence-corrected chi connectivity index (χ3v) is 5.29. The molecule has 2 heterocycles. The molecule has 4 N–H and O–H groups in total. The first-order valence-electron chi connectivity index (χ1n) is 8.79. The number of halogens is 1. The largest absolute Gasteiger partial charge is 0.442 e. The summed E-state index contributed by atoms with van der Waals surface area (Å²) in [5, 5.41) is 21.5. The second-order valence-electron chi connectivity index (χ2n) is 6.59. The van der Waals surface area contributed by atoms with E-state index in [0.29, 0.717) is 27.6 Å². The summed E-state index contributed by atoms with van der Waals surface area (Å²) in [5.41, 5.74) is 10.3. The second-order valence-corrected chi connectivity index (χ2v) is 6.97. The predicted molar refractivity (Wildman–Crippen MR) is 107 cm³/mol. The van der Waals surface area contributed by atoms with Crippen LogP contribution in [0.5, 0.6) is 0 Å². The van der Waals surface area contributed by atoms with Crippen LogP contribution in [0.1, 0.15) is 47.0 Å². The molecular formula is C20H17ClN6O. The molecule has 0 radical (unpaired) electrons. The highest BCUT2D eigenvalue weighted by Crippen LogP contribution is 2.36. The van der Waals surface area contributed by atoms with Gasteiger partial charge in [-0.15, -0.1) is 0 Å². The summed E-state index contributed by atoms with van der Waals surface area (Å²) in [7, 11) is 0. The maximum atomic E-state index is 9.17. The Kier molecular flexibility index (Phi) is 4.72. The normalized spacial score (nSPS) is 15.5. The van der Waals surface area contributed by atoms with Gasteiger partial charge in [-0.2, -0.15) is 5.26 Å². The van der Waals surface area contributed by atoms with E-state index in [1.807, 2.05) is 12.1 Å². The Labute approximate surface area is 166 Å². The number of rotatable bonds is 4. The van der Waals surface area contributed by atoms with Crippen molar-refractivity contribution in [3.05, 3.63) is 70.2 Å². The van der Waals surface area contributed by atoms with Crippen LogP contribution in [0.15, 0.2) is 41.4 Å². The highest BCUT2D eigenvalue weighted by molar-refractivity contribution is 6.32. The van der Waals surface area contributed by atoms with Crippen LogP contribution in [0.25, 0.3) is 0 Å². The molecule has 1 unspecified atom stereocenters. The molecule has 0 saturated carbocycles. The molecule has 0 spiro atoms. The fourth-order valence-corrected chi connectivity index (χ4v) is 3.74. The molecule has 0 amide bonds. The van der Waals surface area contributed by atoms with Crippen molar-refractivity contribution in [2.75, 3.05) is 11.1 Å². The molecule has 0 aliphatic heterocycles. The number of benzene rings is 1. The summed E-state index contributed by atoms with van der Waals surface area (Å²) in [6.07, 6.45) is 6.93. The average Bonchev–Trinajstić information content (AvgIpc) is 3.24. The molecule has 1 atom stereocenters. The minimum Gasteiger partial charge on any atom is -0.442 e. The molecule has 4 rings (SSSR count). The topological polar surface area (TPSA) is 125 Å². The molecule has 0 saturated heterocycles. The van der Waals surface area contributed by atoms with E-state index >= 15 is 0 Å². The van der Waals surface area contributed by atoms with Gasteiger partial charge in [-0.3, -0.25) is 10.4 Å². The quantitative estimate of drug-likeness (QED) is 0.453. The monoisotopic (exact) mass is 392 g/mol. The zero-order chi connectivity index (χ0) is 19.7. The standard InChI is InChI=1S/C20H17ClN6O/c21-18-11(7-22)8-26-20-13(18)2-1-3-16(20)27-12-4-5-15(23)14(6-12)19(24)17-9-25-10-28-17/h4-6,8-10,16,24,27H,1-3,23H2. The summed E-state index contributed by atoms with van der Waals surface area (Å²) in [5.74, 6) is 0.351. The number of fused-ring (bicyclic) bond motifs is 1. The van der Waals surface area contributed by atoms with Gasteiger partial charge < -0.3 is 15.5 Å². The van der Waals surface area contributed by atoms with Crippen LogP contribution in [0.2, 0.25) is 5.02 Å². The van der Waals surface area contributed by atoms with Crippen LogP contribution in [-0.2, 0) is 6.42 Å². The van der Waals surface area contributed by atoms with Crippen molar-refractivity contribution in [2.24, 2.45) is 0 Å². The lowest BCUT2D eigenvalue weighted by Crippen LogP contribution is -2.20. The van der Waals surface area contributed by atoms with E-state index in [1.54, 1.807) is 6.07 Å². The molecule has 1 aromatic carbocycles. The Morgan fingerprint density at radius 1 is 1.39 bits per heavy atom. The van der Waals surface area contributed by atoms with Crippen molar-refractivity contribution in [3.8, 4) is 6.07 Å². The first kappa shape index (κ1) is 18.0. The second kappa shape index (κ2) is 7.33. The number of pyridine rings is 1. The maximum absolute atomic E-state index is 9.17. The van der Waals surface area contributed by atoms with Gasteiger partial charge in [0.25, 0.3) is 0 Å². The van der Waals surface area contributed by atoms with Crippen LogP contribution < -0.4 is 11.1 Å². The number of nitrogen functional groups attached to an aromatic ring is 1. The summed E-state index contributed by atoms with van der Waals surface area (Å²) >= 11 is 6.39. The highest BCUT2D eigenvalue weighted by Gasteiger charge is 2.25. The summed E-state index contributed by atoms with van der Waals surface area (Å²) in [6, 6.07) is 7.49. The van der Waals surface area contributed by atoms with Gasteiger partial charge >= 0.3 is 0 Å². The third kappa shape index (κ3) is 3.19. The predicted octanol–water partition coefficient (Wildman–Crippen LogP) is 4.08. The Balaban J connectivity index is 1.65. The van der Waals surface area contributed by atoms with Crippen molar-refractivity contribution in [2.45, 2.75) is 25.3 Å². The molecule has 140 valence electrons. The van der Waals surface area contributed by atoms with E-state index in [2.05, 4.69) is 21.4 Å². The number of aromatic nitrogens is 2. The Bertz CT molecular complexity index is 1090. The molecule has 1 aliphatic carbocycles. The third-order valence-electron chi connectivity index (χ3n) is 4.86. The number of hydrogen-bond donors (Lipinski definition) is 3. The smallest absolute Gasteiger partial charge is 0.181 e. The fraction of sp³-hybridized carbons (Fsp3) is 0.200. The molecule has 2 aromatic heterocycles. The number of anilines is 2. The molecule has 8 heteroatoms. The van der Waals surface area contributed by atoms with Gasteiger partial charge in [0, 0.05) is 23.1 Å². The SMILES string of the molecule is N#Cc1cnc2c(c1Cl)CCCC2Nc1ccc(N)c(C(=N)c2cnco2)c1. The molecule has 1 aliphatic rings. The van der Waals surface area contributed by atoms with Gasteiger partial charge in [-0.05, 0) is 43.0 Å². The Morgan fingerprint density at radius 3 is 3.00 bits per heavy atom. The van der Waals surface area contributed by atoms with E-state index < -0.39 is 0 Å². The van der Waals surface area contributed by atoms with E-state index in [0.717, 1.165) is 36.2 Å². The first-order chi connectivity index (χ1) is 13.6. The molecule has 0 bridgehead atoms. The van der Waals surface area contributed by atoms with Gasteiger partial charge in [-0.25, -0.2) is 4.98 Å². The van der Waals surface area contributed by atoms with Crippen molar-refractivity contribution in [1.82, 2.24) is 9.97 Å². The zero-order valence-electron chi connectivity index (χ0n) is 14.9. The minimum absolute atomic E-state index is 0.0371. The van der Waals surface area contributed by atoms with Crippen LogP contribution in [0.4, 0.5) is 11.4 Å². The first-order valence-corrected chi connectivity index (χ1v) is 9.17. The molecule has 0 fully saturated rings. The lowest BCUT2D eigenvalue weighted by molar-refractivity contribution is 0.548. The molecular weight excluding hydrogens is 376 g/mol. The van der Waals surface area contributed by atoms with Crippen molar-refractivity contribution >= 4 is 28.7 Å². The van der Waals surface area contributed by atoms with Gasteiger partial charge in [-0.1, -0.05) is 11.6 Å². The Hall–Kier alpha value is -3.37. The number of nitriles is 1. The van der Waals surface area contributed by atoms with Gasteiger partial charge in [0.15, 0.2) is 12.2 Å². The van der Waals surface area contributed by atoms with E-state index in [4.69, 9.17) is 27.2 Å². The van der Waals surface area contributed by atoms with Crippen LogP contribution in [0.3, 0.4) is 0 Å². The summed E-state index contributed by atoms with van der Waals surface area (Å²) < 4.78 is 5.21.